The van der Waals surface area contributed by atoms with Crippen molar-refractivity contribution in [2.24, 2.45) is 0 Å². The summed E-state index contributed by atoms with van der Waals surface area (Å²) in [5.74, 6) is -0.787. The van der Waals surface area contributed by atoms with Crippen molar-refractivity contribution in [3.8, 4) is 0 Å². The van der Waals surface area contributed by atoms with Crippen molar-refractivity contribution < 1.29 is 14.5 Å². The molecule has 7 nitrogen and oxygen atoms in total. The molecule has 0 bridgehead atoms. The van der Waals surface area contributed by atoms with E-state index in [9.17, 15) is 19.7 Å². The predicted octanol–water partition coefficient (Wildman–Crippen LogP) is 1.56. The average molecular weight is 277 g/mol. The monoisotopic (exact) mass is 277 g/mol. The molecule has 1 aromatic rings. The van der Waals surface area contributed by atoms with Gasteiger partial charge in [-0.1, -0.05) is 19.1 Å². The van der Waals surface area contributed by atoms with Gasteiger partial charge < -0.3 is 0 Å². The van der Waals surface area contributed by atoms with E-state index < -0.39 is 10.8 Å². The standard InChI is InChI=1S/C13H15N3O4/c1-2-4-12(17)14-15-13(18)8-7-10-5-3-6-11(9-10)16(19)20/h3,5-9H,2,4H2,1H3,(H,14,17)(H,15,18)/b8-7+. The summed E-state index contributed by atoms with van der Waals surface area (Å²) in [6.45, 7) is 1.85. The van der Waals surface area contributed by atoms with E-state index in [-0.39, 0.29) is 11.6 Å². The Hall–Kier alpha value is -2.70. The first kappa shape index (κ1) is 15.4. The topological polar surface area (TPSA) is 101 Å². The third-order valence-electron chi connectivity index (χ3n) is 2.31. The Bertz CT molecular complexity index is 540. The predicted molar refractivity (Wildman–Crippen MR) is 73.3 cm³/mol. The minimum absolute atomic E-state index is 0.0520. The first-order chi connectivity index (χ1) is 9.52. The third-order valence-corrected chi connectivity index (χ3v) is 2.31. The highest BCUT2D eigenvalue weighted by Crippen LogP contribution is 2.13. The molecule has 0 aliphatic rings. The van der Waals surface area contributed by atoms with Gasteiger partial charge in [0.1, 0.15) is 0 Å². The normalized spacial score (nSPS) is 10.2. The fourth-order valence-corrected chi connectivity index (χ4v) is 1.38. The molecule has 0 aliphatic carbocycles. The Morgan fingerprint density at radius 2 is 2.10 bits per heavy atom. The van der Waals surface area contributed by atoms with Crippen molar-refractivity contribution in [3.63, 3.8) is 0 Å². The Balaban J connectivity index is 2.55. The number of nitrogens with zero attached hydrogens (tertiary/aromatic N) is 1. The highest BCUT2D eigenvalue weighted by Gasteiger charge is 2.04. The van der Waals surface area contributed by atoms with E-state index >= 15 is 0 Å². The molecule has 2 amide bonds. The number of carbonyl (C=O) groups excluding carboxylic acids is 2. The van der Waals surface area contributed by atoms with Crippen LogP contribution in [-0.4, -0.2) is 16.7 Å². The van der Waals surface area contributed by atoms with E-state index in [1.165, 1.54) is 30.4 Å². The van der Waals surface area contributed by atoms with Crippen molar-refractivity contribution in [1.82, 2.24) is 10.9 Å². The molecule has 1 rings (SSSR count). The molecule has 0 atom stereocenters. The fraction of sp³-hybridized carbons (Fsp3) is 0.231. The largest absolute Gasteiger partial charge is 0.273 e. The van der Waals surface area contributed by atoms with Gasteiger partial charge in [-0.15, -0.1) is 0 Å². The van der Waals surface area contributed by atoms with Crippen molar-refractivity contribution in [2.45, 2.75) is 19.8 Å². The lowest BCUT2D eigenvalue weighted by Gasteiger charge is -2.03. The maximum Gasteiger partial charge on any atom is 0.270 e. The Kier molecular flexibility index (Phi) is 5.89. The first-order valence-electron chi connectivity index (χ1n) is 6.04. The van der Waals surface area contributed by atoms with E-state index in [0.29, 0.717) is 18.4 Å². The van der Waals surface area contributed by atoms with Gasteiger partial charge in [0.05, 0.1) is 4.92 Å². The lowest BCUT2D eigenvalue weighted by atomic mass is 10.2. The third kappa shape index (κ3) is 5.30. The van der Waals surface area contributed by atoms with Crippen molar-refractivity contribution >= 4 is 23.6 Å². The molecule has 106 valence electrons. The van der Waals surface area contributed by atoms with Crippen LogP contribution in [0.5, 0.6) is 0 Å². The number of nitro groups is 1. The summed E-state index contributed by atoms with van der Waals surface area (Å²) in [5, 5.41) is 10.6. The van der Waals surface area contributed by atoms with E-state index in [4.69, 9.17) is 0 Å². The zero-order valence-corrected chi connectivity index (χ0v) is 11.0. The van der Waals surface area contributed by atoms with Gasteiger partial charge in [-0.25, -0.2) is 0 Å². The van der Waals surface area contributed by atoms with Gasteiger partial charge in [0.15, 0.2) is 0 Å². The van der Waals surface area contributed by atoms with Crippen molar-refractivity contribution in [1.29, 1.82) is 0 Å². The van der Waals surface area contributed by atoms with Crippen molar-refractivity contribution in [3.05, 3.63) is 46.0 Å². The number of amides is 2. The smallest absolute Gasteiger partial charge is 0.270 e. The van der Waals surface area contributed by atoms with Gasteiger partial charge in [-0.2, -0.15) is 0 Å². The lowest BCUT2D eigenvalue weighted by molar-refractivity contribution is -0.384. The molecule has 0 heterocycles. The van der Waals surface area contributed by atoms with Crippen LogP contribution in [0, 0.1) is 10.1 Å². The number of nitro benzene ring substituents is 1. The first-order valence-corrected chi connectivity index (χ1v) is 6.04. The number of carbonyl (C=O) groups is 2. The number of nitrogens with one attached hydrogen (secondary N) is 2. The molecule has 0 radical (unpaired) electrons. The van der Waals surface area contributed by atoms with E-state index in [0.717, 1.165) is 0 Å². The van der Waals surface area contributed by atoms with E-state index in [1.54, 1.807) is 6.07 Å². The second kappa shape index (κ2) is 7.67. The summed E-state index contributed by atoms with van der Waals surface area (Å²) in [6, 6.07) is 5.87. The Labute approximate surface area is 115 Å². The van der Waals surface area contributed by atoms with Crippen LogP contribution in [0.15, 0.2) is 30.3 Å². The van der Waals surface area contributed by atoms with Crippen LogP contribution in [0.2, 0.25) is 0 Å². The second-order valence-corrected chi connectivity index (χ2v) is 3.97. The molecule has 2 N–H and O–H groups in total. The Morgan fingerprint density at radius 3 is 2.75 bits per heavy atom. The van der Waals surface area contributed by atoms with E-state index in [2.05, 4.69) is 10.9 Å². The molecule has 1 aromatic carbocycles. The molecule has 0 saturated heterocycles. The number of hydrogen-bond acceptors (Lipinski definition) is 4. The van der Waals surface area contributed by atoms with Gasteiger partial charge in [-0.3, -0.25) is 30.6 Å². The average Bonchev–Trinajstić information content (AvgIpc) is 2.43. The molecule has 0 saturated carbocycles. The highest BCUT2D eigenvalue weighted by molar-refractivity contribution is 5.93. The minimum Gasteiger partial charge on any atom is -0.273 e. The number of rotatable bonds is 5. The fourth-order valence-electron chi connectivity index (χ4n) is 1.38. The van der Waals surface area contributed by atoms with Crippen molar-refractivity contribution in [2.75, 3.05) is 0 Å². The summed E-state index contributed by atoms with van der Waals surface area (Å²) in [5.41, 5.74) is 4.94. The number of hydrazine groups is 1. The second-order valence-electron chi connectivity index (χ2n) is 3.97. The molecule has 0 fully saturated rings. The molecule has 0 spiro atoms. The van der Waals surface area contributed by atoms with Gasteiger partial charge in [0, 0.05) is 24.6 Å². The van der Waals surface area contributed by atoms with Crippen LogP contribution in [0.1, 0.15) is 25.3 Å². The van der Waals surface area contributed by atoms with E-state index in [1.807, 2.05) is 6.92 Å². The number of non-ortho nitro benzene ring substituents is 1. The number of benzene rings is 1. The number of hydrogen-bond donors (Lipinski definition) is 2. The molecule has 0 unspecified atom stereocenters. The summed E-state index contributed by atoms with van der Waals surface area (Å²) < 4.78 is 0. The van der Waals surface area contributed by atoms with Crippen LogP contribution >= 0.6 is 0 Å². The molecule has 0 aromatic heterocycles. The molecular weight excluding hydrogens is 262 g/mol. The Morgan fingerprint density at radius 1 is 1.35 bits per heavy atom. The molecule has 0 aliphatic heterocycles. The zero-order chi connectivity index (χ0) is 15.0. The highest BCUT2D eigenvalue weighted by atomic mass is 16.6. The molecule has 7 heteroatoms. The quantitative estimate of drug-likeness (QED) is 0.484. The lowest BCUT2D eigenvalue weighted by Crippen LogP contribution is -2.40. The summed E-state index contributed by atoms with van der Waals surface area (Å²) in [7, 11) is 0. The summed E-state index contributed by atoms with van der Waals surface area (Å²) in [6.07, 6.45) is 3.62. The summed E-state index contributed by atoms with van der Waals surface area (Å²) in [4.78, 5) is 32.6. The van der Waals surface area contributed by atoms with Crippen LogP contribution in [0.3, 0.4) is 0 Å². The maximum absolute atomic E-state index is 11.4. The van der Waals surface area contributed by atoms with Gasteiger partial charge in [-0.05, 0) is 18.1 Å². The van der Waals surface area contributed by atoms with Gasteiger partial charge in [0.25, 0.3) is 11.6 Å². The maximum atomic E-state index is 11.4. The van der Waals surface area contributed by atoms with Crippen LogP contribution < -0.4 is 10.9 Å². The van der Waals surface area contributed by atoms with Gasteiger partial charge >= 0.3 is 0 Å². The SMILES string of the molecule is CCCC(=O)NNC(=O)/C=C/c1cccc([N+](=O)[O-])c1. The van der Waals surface area contributed by atoms with Gasteiger partial charge in [0.2, 0.25) is 5.91 Å². The molecule has 20 heavy (non-hydrogen) atoms. The zero-order valence-electron chi connectivity index (χ0n) is 11.0. The molecular formula is C13H15N3O4. The summed E-state index contributed by atoms with van der Waals surface area (Å²) >= 11 is 0. The minimum atomic E-state index is -0.513. The van der Waals surface area contributed by atoms with Crippen LogP contribution in [0.25, 0.3) is 6.08 Å². The van der Waals surface area contributed by atoms with Crippen LogP contribution in [0.4, 0.5) is 5.69 Å². The van der Waals surface area contributed by atoms with Crippen LogP contribution in [-0.2, 0) is 9.59 Å².